The number of nitrogens with zero attached hydrogens (tertiary/aromatic N) is 5. The summed E-state index contributed by atoms with van der Waals surface area (Å²) in [6.45, 7) is 3.69. The Labute approximate surface area is 166 Å². The Morgan fingerprint density at radius 2 is 1.68 bits per heavy atom. The van der Waals surface area contributed by atoms with Crippen LogP contribution in [-0.4, -0.2) is 50.4 Å². The molecule has 2 fully saturated rings. The van der Waals surface area contributed by atoms with Crippen LogP contribution in [0.5, 0.6) is 0 Å². The van der Waals surface area contributed by atoms with Gasteiger partial charge in [-0.3, -0.25) is 0 Å². The van der Waals surface area contributed by atoms with Gasteiger partial charge < -0.3 is 10.2 Å². The molecule has 1 aromatic carbocycles. The number of likely N-dealkylation sites (tertiary alicyclic amines) is 1. The summed E-state index contributed by atoms with van der Waals surface area (Å²) in [6, 6.07) is 14.6. The average Bonchev–Trinajstić information content (AvgIpc) is 3.40. The number of hydrogen-bond acceptors (Lipinski definition) is 5. The van der Waals surface area contributed by atoms with Crippen molar-refractivity contribution in [3.63, 3.8) is 0 Å². The number of piperidine rings is 1. The molecule has 0 bridgehead atoms. The third kappa shape index (κ3) is 3.74. The highest BCUT2D eigenvalue weighted by Crippen LogP contribution is 2.27. The molecule has 3 aromatic rings. The summed E-state index contributed by atoms with van der Waals surface area (Å²) < 4.78 is 1.84. The molecule has 0 unspecified atom stereocenters. The van der Waals surface area contributed by atoms with Gasteiger partial charge in [-0.2, -0.15) is 4.52 Å². The molecule has 0 spiro atoms. The SMILES string of the molecule is c1ccc(-c2nnc3ccc(NC4CCN(CC5CCCC5)CC4)nn23)cc1. The van der Waals surface area contributed by atoms with E-state index in [0.717, 1.165) is 28.8 Å². The van der Waals surface area contributed by atoms with Crippen LogP contribution in [0.15, 0.2) is 42.5 Å². The van der Waals surface area contributed by atoms with Crippen LogP contribution in [0.25, 0.3) is 17.0 Å². The lowest BCUT2D eigenvalue weighted by Crippen LogP contribution is -2.41. The first-order valence-electron chi connectivity index (χ1n) is 10.6. The Bertz CT molecular complexity index is 907. The highest BCUT2D eigenvalue weighted by molar-refractivity contribution is 5.59. The molecule has 6 nitrogen and oxygen atoms in total. The molecule has 5 rings (SSSR count). The molecule has 3 heterocycles. The maximum Gasteiger partial charge on any atom is 0.185 e. The molecular formula is C22H28N6. The first-order chi connectivity index (χ1) is 13.8. The predicted molar refractivity (Wildman–Crippen MR) is 111 cm³/mol. The van der Waals surface area contributed by atoms with Gasteiger partial charge in [0.15, 0.2) is 11.5 Å². The van der Waals surface area contributed by atoms with Crippen molar-refractivity contribution in [2.75, 3.05) is 25.0 Å². The molecule has 0 radical (unpaired) electrons. The number of rotatable bonds is 5. The second-order valence-electron chi connectivity index (χ2n) is 8.25. The second kappa shape index (κ2) is 7.87. The number of hydrogen-bond donors (Lipinski definition) is 1. The normalized spacial score (nSPS) is 19.4. The summed E-state index contributed by atoms with van der Waals surface area (Å²) in [7, 11) is 0. The lowest BCUT2D eigenvalue weighted by molar-refractivity contribution is 0.189. The highest BCUT2D eigenvalue weighted by Gasteiger charge is 2.23. The number of fused-ring (bicyclic) bond motifs is 1. The molecule has 28 heavy (non-hydrogen) atoms. The first kappa shape index (κ1) is 17.6. The quantitative estimate of drug-likeness (QED) is 0.733. The van der Waals surface area contributed by atoms with Gasteiger partial charge in [-0.15, -0.1) is 15.3 Å². The van der Waals surface area contributed by atoms with Crippen molar-refractivity contribution in [3.05, 3.63) is 42.5 Å². The van der Waals surface area contributed by atoms with Gasteiger partial charge in [-0.25, -0.2) is 0 Å². The van der Waals surface area contributed by atoms with E-state index < -0.39 is 0 Å². The van der Waals surface area contributed by atoms with Gasteiger partial charge in [0.05, 0.1) is 0 Å². The fourth-order valence-corrected chi connectivity index (χ4v) is 4.66. The van der Waals surface area contributed by atoms with Gasteiger partial charge in [0, 0.05) is 31.2 Å². The minimum Gasteiger partial charge on any atom is -0.366 e. The van der Waals surface area contributed by atoms with E-state index in [1.807, 2.05) is 47.0 Å². The van der Waals surface area contributed by atoms with Gasteiger partial charge >= 0.3 is 0 Å². The molecule has 1 aliphatic carbocycles. The summed E-state index contributed by atoms with van der Waals surface area (Å²) in [5, 5.41) is 17.0. The van der Waals surface area contributed by atoms with E-state index >= 15 is 0 Å². The maximum absolute atomic E-state index is 4.77. The first-order valence-corrected chi connectivity index (χ1v) is 10.6. The van der Waals surface area contributed by atoms with Crippen LogP contribution < -0.4 is 5.32 Å². The van der Waals surface area contributed by atoms with Crippen LogP contribution in [0.4, 0.5) is 5.82 Å². The van der Waals surface area contributed by atoms with Crippen LogP contribution in [0.1, 0.15) is 38.5 Å². The van der Waals surface area contributed by atoms with Crippen LogP contribution in [0, 0.1) is 5.92 Å². The zero-order valence-corrected chi connectivity index (χ0v) is 16.3. The third-order valence-corrected chi connectivity index (χ3v) is 6.23. The summed E-state index contributed by atoms with van der Waals surface area (Å²) in [6.07, 6.45) is 8.10. The van der Waals surface area contributed by atoms with Crippen molar-refractivity contribution < 1.29 is 0 Å². The Morgan fingerprint density at radius 1 is 0.893 bits per heavy atom. The van der Waals surface area contributed by atoms with Crippen molar-refractivity contribution in [1.82, 2.24) is 24.7 Å². The van der Waals surface area contributed by atoms with E-state index in [4.69, 9.17) is 5.10 Å². The molecule has 1 aliphatic heterocycles. The molecule has 1 N–H and O–H groups in total. The Hall–Kier alpha value is -2.47. The van der Waals surface area contributed by atoms with Gasteiger partial charge in [0.2, 0.25) is 0 Å². The molecule has 6 heteroatoms. The van der Waals surface area contributed by atoms with E-state index in [0.29, 0.717) is 6.04 Å². The van der Waals surface area contributed by atoms with Crippen molar-refractivity contribution >= 4 is 11.5 Å². The molecule has 1 saturated carbocycles. The number of anilines is 1. The van der Waals surface area contributed by atoms with Crippen molar-refractivity contribution in [2.24, 2.45) is 5.92 Å². The van der Waals surface area contributed by atoms with Gasteiger partial charge in [-0.1, -0.05) is 43.2 Å². The molecule has 2 aromatic heterocycles. The Balaban J connectivity index is 1.24. The van der Waals surface area contributed by atoms with Crippen LogP contribution in [0.2, 0.25) is 0 Å². The zero-order chi connectivity index (χ0) is 18.8. The number of nitrogens with one attached hydrogen (secondary N) is 1. The zero-order valence-electron chi connectivity index (χ0n) is 16.3. The van der Waals surface area contributed by atoms with E-state index in [2.05, 4.69) is 20.4 Å². The smallest absolute Gasteiger partial charge is 0.185 e. The molecule has 146 valence electrons. The fourth-order valence-electron chi connectivity index (χ4n) is 4.66. The summed E-state index contributed by atoms with van der Waals surface area (Å²) >= 11 is 0. The molecule has 0 atom stereocenters. The fraction of sp³-hybridized carbons (Fsp3) is 0.500. The monoisotopic (exact) mass is 376 g/mol. The van der Waals surface area contributed by atoms with E-state index in [1.165, 1.54) is 58.2 Å². The average molecular weight is 377 g/mol. The van der Waals surface area contributed by atoms with E-state index in [9.17, 15) is 0 Å². The van der Waals surface area contributed by atoms with E-state index in [-0.39, 0.29) is 0 Å². The summed E-state index contributed by atoms with van der Waals surface area (Å²) in [4.78, 5) is 2.66. The van der Waals surface area contributed by atoms with Crippen LogP contribution in [0.3, 0.4) is 0 Å². The standard InChI is InChI=1S/C22H28N6/c1-2-8-18(9-3-1)22-25-24-21-11-10-20(26-28(21)22)23-19-12-14-27(15-13-19)16-17-6-4-5-7-17/h1-3,8-11,17,19H,4-7,12-16H2,(H,23,26). The van der Waals surface area contributed by atoms with Crippen LogP contribution >= 0.6 is 0 Å². The Morgan fingerprint density at radius 3 is 2.46 bits per heavy atom. The van der Waals surface area contributed by atoms with Crippen molar-refractivity contribution in [3.8, 4) is 11.4 Å². The largest absolute Gasteiger partial charge is 0.366 e. The minimum atomic E-state index is 0.487. The van der Waals surface area contributed by atoms with Crippen molar-refractivity contribution in [2.45, 2.75) is 44.6 Å². The van der Waals surface area contributed by atoms with Crippen LogP contribution in [-0.2, 0) is 0 Å². The summed E-state index contributed by atoms with van der Waals surface area (Å²) in [5.74, 6) is 2.63. The van der Waals surface area contributed by atoms with Gasteiger partial charge in [-0.05, 0) is 43.7 Å². The lowest BCUT2D eigenvalue weighted by Gasteiger charge is -2.34. The molecule has 2 aliphatic rings. The van der Waals surface area contributed by atoms with Gasteiger partial charge in [0.1, 0.15) is 5.82 Å². The summed E-state index contributed by atoms with van der Waals surface area (Å²) in [5.41, 5.74) is 1.80. The van der Waals surface area contributed by atoms with Gasteiger partial charge in [0.25, 0.3) is 0 Å². The number of benzene rings is 1. The lowest BCUT2D eigenvalue weighted by atomic mass is 10.0. The predicted octanol–water partition coefficient (Wildman–Crippen LogP) is 3.86. The topological polar surface area (TPSA) is 58.4 Å². The molecule has 1 saturated heterocycles. The van der Waals surface area contributed by atoms with E-state index in [1.54, 1.807) is 0 Å². The van der Waals surface area contributed by atoms with Crippen molar-refractivity contribution in [1.29, 1.82) is 0 Å². The third-order valence-electron chi connectivity index (χ3n) is 6.23. The molecule has 0 amide bonds. The minimum absolute atomic E-state index is 0.487. The second-order valence-corrected chi connectivity index (χ2v) is 8.25. The maximum atomic E-state index is 4.77. The number of aromatic nitrogens is 4. The Kier molecular flexibility index (Phi) is 4.95. The molecular weight excluding hydrogens is 348 g/mol. The highest BCUT2D eigenvalue weighted by atomic mass is 15.4.